The van der Waals surface area contributed by atoms with Gasteiger partial charge in [0.25, 0.3) is 0 Å². The Morgan fingerprint density at radius 2 is 2.25 bits per heavy atom. The molecular weight excluding hydrogens is 316 g/mol. The summed E-state index contributed by atoms with van der Waals surface area (Å²) in [5, 5.41) is 2.93. The van der Waals surface area contributed by atoms with Crippen LogP contribution in [0.25, 0.3) is 0 Å². The van der Waals surface area contributed by atoms with Crippen LogP contribution < -0.4 is 5.32 Å². The van der Waals surface area contributed by atoms with Crippen molar-refractivity contribution in [1.29, 1.82) is 0 Å². The average Bonchev–Trinajstić information content (AvgIpc) is 2.85. The maximum Gasteiger partial charge on any atom is 0.342 e. The minimum absolute atomic E-state index is 0.00889. The van der Waals surface area contributed by atoms with E-state index < -0.39 is 17.7 Å². The zero-order valence-corrected chi connectivity index (χ0v) is 14.2. The summed E-state index contributed by atoms with van der Waals surface area (Å²) in [6.45, 7) is 7.06. The third-order valence-corrected chi connectivity index (χ3v) is 3.31. The van der Waals surface area contributed by atoms with Gasteiger partial charge in [0.2, 0.25) is 5.79 Å². The van der Waals surface area contributed by atoms with Crippen LogP contribution in [-0.4, -0.2) is 42.7 Å². The van der Waals surface area contributed by atoms with E-state index in [0.717, 1.165) is 0 Å². The first kappa shape index (κ1) is 18.0. The van der Waals surface area contributed by atoms with E-state index >= 15 is 0 Å². The molecule has 2 N–H and O–H groups in total. The number of carbonyl (C=O) groups is 2. The molecule has 0 bridgehead atoms. The molecule has 2 rings (SSSR count). The number of H-pyrrole nitrogens is 1. The molecular formula is C16H22N2O6. The van der Waals surface area contributed by atoms with Crippen molar-refractivity contribution < 1.29 is 28.5 Å². The van der Waals surface area contributed by atoms with Gasteiger partial charge in [-0.3, -0.25) is 0 Å². The highest BCUT2D eigenvalue weighted by atomic mass is 16.8. The molecule has 1 aliphatic rings. The Morgan fingerprint density at radius 1 is 1.50 bits per heavy atom. The van der Waals surface area contributed by atoms with Gasteiger partial charge in [-0.15, -0.1) is 0 Å². The Bertz CT molecular complexity index is 647. The summed E-state index contributed by atoms with van der Waals surface area (Å²) in [5.74, 6) is -2.07. The lowest BCUT2D eigenvalue weighted by molar-refractivity contribution is -0.249. The van der Waals surface area contributed by atoms with Crippen LogP contribution in [0.15, 0.2) is 18.0 Å². The quantitative estimate of drug-likeness (QED) is 0.640. The van der Waals surface area contributed by atoms with Crippen LogP contribution in [0.1, 0.15) is 36.8 Å². The molecule has 0 unspecified atom stereocenters. The van der Waals surface area contributed by atoms with E-state index in [1.807, 2.05) is 0 Å². The number of rotatable bonds is 4. The molecule has 8 nitrogen and oxygen atoms in total. The summed E-state index contributed by atoms with van der Waals surface area (Å²) in [7, 11) is 0. The minimum atomic E-state index is -1.07. The molecule has 2 heterocycles. The van der Waals surface area contributed by atoms with Crippen LogP contribution in [0.4, 0.5) is 5.69 Å². The van der Waals surface area contributed by atoms with Gasteiger partial charge in [0.1, 0.15) is 5.56 Å². The summed E-state index contributed by atoms with van der Waals surface area (Å²) in [4.78, 5) is 27.1. The van der Waals surface area contributed by atoms with Crippen LogP contribution in [0.2, 0.25) is 0 Å². The Morgan fingerprint density at radius 3 is 2.96 bits per heavy atom. The largest absolute Gasteiger partial charge is 0.462 e. The number of carbonyl (C=O) groups excluding carboxylic acids is 2. The molecule has 1 aromatic heterocycles. The lowest BCUT2D eigenvalue weighted by Gasteiger charge is -2.28. The first-order valence-corrected chi connectivity index (χ1v) is 7.59. The molecule has 0 saturated carbocycles. The highest BCUT2D eigenvalue weighted by Gasteiger charge is 2.28. The zero-order valence-electron chi connectivity index (χ0n) is 14.2. The number of hydrogen-bond acceptors (Lipinski definition) is 7. The fourth-order valence-corrected chi connectivity index (χ4v) is 2.08. The second kappa shape index (κ2) is 7.50. The molecule has 0 amide bonds. The van der Waals surface area contributed by atoms with E-state index in [2.05, 4.69) is 10.3 Å². The van der Waals surface area contributed by atoms with Gasteiger partial charge < -0.3 is 29.2 Å². The molecule has 0 spiro atoms. The van der Waals surface area contributed by atoms with Crippen molar-refractivity contribution >= 4 is 17.6 Å². The van der Waals surface area contributed by atoms with Gasteiger partial charge in [-0.1, -0.05) is 0 Å². The number of hydrogen-bond donors (Lipinski definition) is 2. The number of nitrogens with one attached hydrogen (secondary N) is 2. The van der Waals surface area contributed by atoms with Crippen molar-refractivity contribution in [3.63, 3.8) is 0 Å². The van der Waals surface area contributed by atoms with Crippen molar-refractivity contribution in [2.24, 2.45) is 0 Å². The first-order chi connectivity index (χ1) is 11.3. The highest BCUT2D eigenvalue weighted by Crippen LogP contribution is 2.22. The van der Waals surface area contributed by atoms with E-state index in [4.69, 9.17) is 18.9 Å². The van der Waals surface area contributed by atoms with Crippen LogP contribution >= 0.6 is 0 Å². The Labute approximate surface area is 140 Å². The number of aromatic amines is 1. The topological polar surface area (TPSA) is 98.9 Å². The fourth-order valence-electron chi connectivity index (χ4n) is 2.08. The SMILES string of the molecule is CCOC(=O)c1c(N/C=C2/COCOC(C)(C)OC2=O)c[nH]c1C. The predicted molar refractivity (Wildman–Crippen MR) is 85.3 cm³/mol. The maximum atomic E-state index is 12.1. The van der Waals surface area contributed by atoms with Crippen LogP contribution in [0.3, 0.4) is 0 Å². The van der Waals surface area contributed by atoms with Gasteiger partial charge in [-0.05, 0) is 13.8 Å². The van der Waals surface area contributed by atoms with Gasteiger partial charge in [0.15, 0.2) is 6.79 Å². The second-order valence-electron chi connectivity index (χ2n) is 5.64. The van der Waals surface area contributed by atoms with Crippen molar-refractivity contribution in [2.75, 3.05) is 25.3 Å². The Balaban J connectivity index is 2.17. The molecule has 8 heteroatoms. The first-order valence-electron chi connectivity index (χ1n) is 7.59. The molecule has 24 heavy (non-hydrogen) atoms. The highest BCUT2D eigenvalue weighted by molar-refractivity contribution is 5.97. The molecule has 132 valence electrons. The fraction of sp³-hybridized carbons (Fsp3) is 0.500. The molecule has 0 aromatic carbocycles. The molecule has 1 fully saturated rings. The van der Waals surface area contributed by atoms with Crippen molar-refractivity contribution in [1.82, 2.24) is 4.98 Å². The predicted octanol–water partition coefficient (Wildman–Crippen LogP) is 2.08. The molecule has 0 radical (unpaired) electrons. The lowest BCUT2D eigenvalue weighted by Crippen LogP contribution is -2.36. The number of cyclic esters (lactones) is 1. The summed E-state index contributed by atoms with van der Waals surface area (Å²) in [6.07, 6.45) is 3.08. The van der Waals surface area contributed by atoms with Crippen molar-refractivity contribution in [2.45, 2.75) is 33.5 Å². The van der Waals surface area contributed by atoms with E-state index in [9.17, 15) is 9.59 Å². The number of aromatic nitrogens is 1. The second-order valence-corrected chi connectivity index (χ2v) is 5.64. The molecule has 0 aliphatic carbocycles. The van der Waals surface area contributed by atoms with Gasteiger partial charge in [0.05, 0.1) is 24.5 Å². The van der Waals surface area contributed by atoms with Gasteiger partial charge in [-0.25, -0.2) is 9.59 Å². The van der Waals surface area contributed by atoms with E-state index in [-0.39, 0.29) is 25.6 Å². The normalized spacial score (nSPS) is 19.3. The molecule has 1 saturated heterocycles. The Hall–Kier alpha value is -2.32. The number of ether oxygens (including phenoxy) is 4. The van der Waals surface area contributed by atoms with E-state index in [1.54, 1.807) is 33.9 Å². The van der Waals surface area contributed by atoms with Gasteiger partial charge in [0, 0.05) is 31.9 Å². The monoisotopic (exact) mass is 338 g/mol. The van der Waals surface area contributed by atoms with E-state index in [0.29, 0.717) is 16.9 Å². The van der Waals surface area contributed by atoms with Crippen molar-refractivity contribution in [3.8, 4) is 0 Å². The molecule has 0 atom stereocenters. The average molecular weight is 338 g/mol. The van der Waals surface area contributed by atoms with Crippen molar-refractivity contribution in [3.05, 3.63) is 29.2 Å². The number of esters is 2. The minimum Gasteiger partial charge on any atom is -0.462 e. The van der Waals surface area contributed by atoms with Crippen LogP contribution in [0.5, 0.6) is 0 Å². The van der Waals surface area contributed by atoms with Crippen LogP contribution in [0, 0.1) is 6.92 Å². The lowest BCUT2D eigenvalue weighted by atomic mass is 10.2. The Kier molecular flexibility index (Phi) is 5.63. The summed E-state index contributed by atoms with van der Waals surface area (Å²) < 4.78 is 20.8. The number of anilines is 1. The maximum absolute atomic E-state index is 12.1. The third kappa shape index (κ3) is 4.36. The van der Waals surface area contributed by atoms with Gasteiger partial charge >= 0.3 is 11.9 Å². The van der Waals surface area contributed by atoms with Gasteiger partial charge in [-0.2, -0.15) is 0 Å². The molecule has 1 aromatic rings. The molecule has 1 aliphatic heterocycles. The summed E-state index contributed by atoms with van der Waals surface area (Å²) in [6, 6.07) is 0. The van der Waals surface area contributed by atoms with Crippen LogP contribution in [-0.2, 0) is 23.7 Å². The summed E-state index contributed by atoms with van der Waals surface area (Å²) >= 11 is 0. The zero-order chi connectivity index (χ0) is 17.7. The third-order valence-electron chi connectivity index (χ3n) is 3.31. The summed E-state index contributed by atoms with van der Waals surface area (Å²) in [5.41, 5.74) is 1.83. The smallest absolute Gasteiger partial charge is 0.342 e. The number of aryl methyl sites for hydroxylation is 1. The standard InChI is InChI=1S/C16H22N2O6/c1-5-22-15(20)13-10(2)17-7-12(13)18-6-11-8-21-9-23-16(3,4)24-14(11)19/h6-7,17-18H,5,8-9H2,1-4H3/b11-6-. The van der Waals surface area contributed by atoms with E-state index in [1.165, 1.54) is 6.20 Å².